The minimum Gasteiger partial charge on any atom is -0.384 e. The molecule has 1 heterocycles. The normalized spacial score (nSPS) is 19.5. The van der Waals surface area contributed by atoms with E-state index in [-0.39, 0.29) is 0 Å². The van der Waals surface area contributed by atoms with Gasteiger partial charge < -0.3 is 10.6 Å². The second kappa shape index (κ2) is 4.99. The van der Waals surface area contributed by atoms with Crippen molar-refractivity contribution in [2.24, 2.45) is 5.92 Å². The number of fused-ring (bicyclic) bond motifs is 1. The predicted octanol–water partition coefficient (Wildman–Crippen LogP) is 2.64. The summed E-state index contributed by atoms with van der Waals surface area (Å²) in [6, 6.07) is 6.47. The number of halogens is 1. The fraction of sp³-hybridized carbons (Fsp3) is 0.500. The number of anilines is 1. The number of rotatable bonds is 3. The van der Waals surface area contributed by atoms with Crippen LogP contribution in [0.4, 0.5) is 5.69 Å². The second-order valence-corrected chi connectivity index (χ2v) is 4.98. The van der Waals surface area contributed by atoms with Crippen molar-refractivity contribution in [3.05, 3.63) is 28.2 Å². The highest BCUT2D eigenvalue weighted by atomic mass is 79.9. The zero-order chi connectivity index (χ0) is 10.7. The van der Waals surface area contributed by atoms with E-state index in [4.69, 9.17) is 0 Å². The van der Waals surface area contributed by atoms with E-state index in [1.807, 2.05) is 0 Å². The van der Waals surface area contributed by atoms with Crippen LogP contribution in [0.15, 0.2) is 22.7 Å². The lowest BCUT2D eigenvalue weighted by atomic mass is 9.94. The standard InChI is InChI=1S/C12H17BrN2/c1-2-14-7-9-5-10-6-11(13)3-4-12(10)15-8-9/h3-4,6,9,14-15H,2,5,7-8H2,1H3. The van der Waals surface area contributed by atoms with Crippen LogP contribution in [0.3, 0.4) is 0 Å². The first kappa shape index (κ1) is 11.0. The van der Waals surface area contributed by atoms with E-state index in [9.17, 15) is 0 Å². The van der Waals surface area contributed by atoms with Crippen LogP contribution in [0.5, 0.6) is 0 Å². The van der Waals surface area contributed by atoms with E-state index < -0.39 is 0 Å². The average molecular weight is 269 g/mol. The summed E-state index contributed by atoms with van der Waals surface area (Å²) in [5.41, 5.74) is 2.73. The van der Waals surface area contributed by atoms with Crippen LogP contribution >= 0.6 is 15.9 Å². The topological polar surface area (TPSA) is 24.1 Å². The molecule has 1 aliphatic rings. The molecule has 2 nitrogen and oxygen atoms in total. The van der Waals surface area contributed by atoms with Gasteiger partial charge in [-0.25, -0.2) is 0 Å². The van der Waals surface area contributed by atoms with E-state index in [1.165, 1.54) is 22.1 Å². The molecule has 0 aliphatic carbocycles. The van der Waals surface area contributed by atoms with Gasteiger partial charge in [0.05, 0.1) is 0 Å². The molecule has 2 rings (SSSR count). The highest BCUT2D eigenvalue weighted by Crippen LogP contribution is 2.27. The largest absolute Gasteiger partial charge is 0.384 e. The zero-order valence-electron chi connectivity index (χ0n) is 9.02. The number of hydrogen-bond acceptors (Lipinski definition) is 2. The van der Waals surface area contributed by atoms with E-state index in [0.717, 1.165) is 19.6 Å². The van der Waals surface area contributed by atoms with Crippen molar-refractivity contribution < 1.29 is 0 Å². The highest BCUT2D eigenvalue weighted by Gasteiger charge is 2.17. The van der Waals surface area contributed by atoms with Gasteiger partial charge in [-0.05, 0) is 49.2 Å². The minimum atomic E-state index is 0.715. The Morgan fingerprint density at radius 3 is 3.20 bits per heavy atom. The summed E-state index contributed by atoms with van der Waals surface area (Å²) in [6.07, 6.45) is 1.18. The van der Waals surface area contributed by atoms with Crippen molar-refractivity contribution >= 4 is 21.6 Å². The maximum atomic E-state index is 3.52. The van der Waals surface area contributed by atoms with Crippen molar-refractivity contribution in [2.45, 2.75) is 13.3 Å². The molecule has 1 aromatic rings. The van der Waals surface area contributed by atoms with Gasteiger partial charge in [0.2, 0.25) is 0 Å². The smallest absolute Gasteiger partial charge is 0.0373 e. The highest BCUT2D eigenvalue weighted by molar-refractivity contribution is 9.10. The molecule has 0 amide bonds. The number of nitrogens with one attached hydrogen (secondary N) is 2. The minimum absolute atomic E-state index is 0.715. The first-order chi connectivity index (χ1) is 7.29. The molecule has 82 valence electrons. The lowest BCUT2D eigenvalue weighted by Crippen LogP contribution is -2.32. The van der Waals surface area contributed by atoms with Gasteiger partial charge in [-0.2, -0.15) is 0 Å². The van der Waals surface area contributed by atoms with Crippen LogP contribution < -0.4 is 10.6 Å². The summed E-state index contributed by atoms with van der Waals surface area (Å²) >= 11 is 3.52. The predicted molar refractivity (Wildman–Crippen MR) is 68.4 cm³/mol. The molecule has 1 atom stereocenters. The molecule has 0 fully saturated rings. The molecule has 0 bridgehead atoms. The van der Waals surface area contributed by atoms with Crippen LogP contribution in [-0.2, 0) is 6.42 Å². The molecular weight excluding hydrogens is 252 g/mol. The van der Waals surface area contributed by atoms with E-state index in [2.05, 4.69) is 51.7 Å². The molecule has 1 unspecified atom stereocenters. The van der Waals surface area contributed by atoms with Crippen LogP contribution in [0.1, 0.15) is 12.5 Å². The van der Waals surface area contributed by atoms with Crippen LogP contribution in [0, 0.1) is 5.92 Å². The molecule has 15 heavy (non-hydrogen) atoms. The van der Waals surface area contributed by atoms with E-state index >= 15 is 0 Å². The number of hydrogen-bond donors (Lipinski definition) is 2. The Bertz CT molecular complexity index is 338. The Morgan fingerprint density at radius 2 is 2.40 bits per heavy atom. The Kier molecular flexibility index (Phi) is 3.65. The lowest BCUT2D eigenvalue weighted by molar-refractivity contribution is 0.492. The zero-order valence-corrected chi connectivity index (χ0v) is 10.6. The van der Waals surface area contributed by atoms with Gasteiger partial charge in [0, 0.05) is 16.7 Å². The molecule has 0 radical (unpaired) electrons. The first-order valence-corrected chi connectivity index (χ1v) is 6.32. The quantitative estimate of drug-likeness (QED) is 0.881. The maximum Gasteiger partial charge on any atom is 0.0373 e. The summed E-state index contributed by atoms with van der Waals surface area (Å²) < 4.78 is 1.17. The molecule has 0 spiro atoms. The molecule has 0 aromatic heterocycles. The van der Waals surface area contributed by atoms with Gasteiger partial charge in [0.1, 0.15) is 0 Å². The Labute approximate surface area is 99.6 Å². The summed E-state index contributed by atoms with van der Waals surface area (Å²) in [6.45, 7) is 5.40. The molecule has 0 saturated heterocycles. The maximum absolute atomic E-state index is 3.52. The van der Waals surface area contributed by atoms with Crippen LogP contribution in [0.2, 0.25) is 0 Å². The third kappa shape index (κ3) is 2.73. The van der Waals surface area contributed by atoms with Crippen molar-refractivity contribution in [3.8, 4) is 0 Å². The van der Waals surface area contributed by atoms with Crippen molar-refractivity contribution in [2.75, 3.05) is 25.0 Å². The Balaban J connectivity index is 2.05. The summed E-state index contributed by atoms with van der Waals surface area (Å²) in [4.78, 5) is 0. The van der Waals surface area contributed by atoms with Crippen molar-refractivity contribution in [1.82, 2.24) is 5.32 Å². The Morgan fingerprint density at radius 1 is 1.53 bits per heavy atom. The third-order valence-electron chi connectivity index (χ3n) is 2.84. The summed E-state index contributed by atoms with van der Waals surface area (Å²) in [7, 11) is 0. The lowest BCUT2D eigenvalue weighted by Gasteiger charge is -2.26. The summed E-state index contributed by atoms with van der Waals surface area (Å²) in [5, 5.41) is 6.90. The Hall–Kier alpha value is -0.540. The molecule has 1 aliphatic heterocycles. The molecular formula is C12H17BrN2. The fourth-order valence-corrected chi connectivity index (χ4v) is 2.44. The molecule has 0 saturated carbocycles. The molecule has 3 heteroatoms. The van der Waals surface area contributed by atoms with Gasteiger partial charge in [-0.1, -0.05) is 22.9 Å². The van der Waals surface area contributed by atoms with E-state index in [1.54, 1.807) is 0 Å². The molecule has 2 N–H and O–H groups in total. The fourth-order valence-electron chi connectivity index (χ4n) is 2.03. The van der Waals surface area contributed by atoms with Gasteiger partial charge >= 0.3 is 0 Å². The first-order valence-electron chi connectivity index (χ1n) is 5.52. The third-order valence-corrected chi connectivity index (χ3v) is 3.33. The average Bonchev–Trinajstić information content (AvgIpc) is 2.25. The van der Waals surface area contributed by atoms with E-state index in [0.29, 0.717) is 5.92 Å². The van der Waals surface area contributed by atoms with Gasteiger partial charge in [0.25, 0.3) is 0 Å². The van der Waals surface area contributed by atoms with Crippen molar-refractivity contribution in [3.63, 3.8) is 0 Å². The van der Waals surface area contributed by atoms with Gasteiger partial charge in [-0.3, -0.25) is 0 Å². The van der Waals surface area contributed by atoms with Crippen molar-refractivity contribution in [1.29, 1.82) is 0 Å². The van der Waals surface area contributed by atoms with Gasteiger partial charge in [-0.15, -0.1) is 0 Å². The summed E-state index contributed by atoms with van der Waals surface area (Å²) in [5.74, 6) is 0.715. The second-order valence-electron chi connectivity index (χ2n) is 4.06. The monoisotopic (exact) mass is 268 g/mol. The van der Waals surface area contributed by atoms with Crippen LogP contribution in [0.25, 0.3) is 0 Å². The SMILES string of the molecule is CCNCC1CNc2ccc(Br)cc2C1. The number of benzene rings is 1. The van der Waals surface area contributed by atoms with Crippen LogP contribution in [-0.4, -0.2) is 19.6 Å². The van der Waals surface area contributed by atoms with Gasteiger partial charge in [0.15, 0.2) is 0 Å². The molecule has 1 aromatic carbocycles.